The molecule has 0 spiro atoms. The second-order valence-corrected chi connectivity index (χ2v) is 6.77. The van der Waals surface area contributed by atoms with Crippen molar-refractivity contribution in [1.82, 2.24) is 9.80 Å². The van der Waals surface area contributed by atoms with E-state index in [4.69, 9.17) is 5.11 Å². The number of allylic oxidation sites excluding steroid dienone is 2. The summed E-state index contributed by atoms with van der Waals surface area (Å²) in [6.07, 6.45) is 3.10. The minimum absolute atomic E-state index is 0.0989. The zero-order valence-corrected chi connectivity index (χ0v) is 12.7. The lowest BCUT2D eigenvalue weighted by atomic mass is 10.1. The van der Waals surface area contributed by atoms with Crippen LogP contribution in [-0.4, -0.2) is 65.4 Å². The Kier molecular flexibility index (Phi) is 5.30. The molecule has 1 amide bonds. The summed E-state index contributed by atoms with van der Waals surface area (Å²) in [4.78, 5) is 18.0. The van der Waals surface area contributed by atoms with Gasteiger partial charge in [0.25, 0.3) is 0 Å². The molecule has 0 aromatic rings. The van der Waals surface area contributed by atoms with Gasteiger partial charge in [-0.1, -0.05) is 19.9 Å². The van der Waals surface area contributed by atoms with Crippen LogP contribution in [0.4, 0.5) is 0 Å². The highest BCUT2D eigenvalue weighted by Crippen LogP contribution is 2.37. The van der Waals surface area contributed by atoms with Crippen molar-refractivity contribution in [1.29, 1.82) is 0 Å². The third-order valence-corrected chi connectivity index (χ3v) is 5.34. The maximum Gasteiger partial charge on any atom is 0.236 e. The molecule has 0 saturated carbocycles. The van der Waals surface area contributed by atoms with Crippen LogP contribution in [0.2, 0.25) is 0 Å². The van der Waals surface area contributed by atoms with E-state index in [0.717, 1.165) is 39.1 Å². The van der Waals surface area contributed by atoms with E-state index in [-0.39, 0.29) is 11.9 Å². The van der Waals surface area contributed by atoms with Crippen molar-refractivity contribution in [3.8, 4) is 0 Å². The Bertz CT molecular complexity index is 349. The smallest absolute Gasteiger partial charge is 0.236 e. The molecular weight excluding hydrogens is 260 g/mol. The molecule has 1 fully saturated rings. The van der Waals surface area contributed by atoms with E-state index in [1.807, 2.05) is 4.90 Å². The molecule has 1 atom stereocenters. The van der Waals surface area contributed by atoms with Gasteiger partial charge < -0.3 is 10.0 Å². The molecule has 4 nitrogen and oxygen atoms in total. The molecule has 1 N–H and O–H groups in total. The average Bonchev–Trinajstić information content (AvgIpc) is 2.89. The number of aliphatic hydroxyl groups excluding tert-OH is 1. The molecule has 5 heteroatoms. The van der Waals surface area contributed by atoms with E-state index in [2.05, 4.69) is 24.8 Å². The van der Waals surface area contributed by atoms with Gasteiger partial charge in [0.15, 0.2) is 0 Å². The fraction of sp³-hybridized carbons (Fsp3) is 0.786. The molecule has 1 saturated heterocycles. The maximum atomic E-state index is 12.4. The number of carbonyl (C=O) groups is 1. The van der Waals surface area contributed by atoms with Crippen LogP contribution in [0.25, 0.3) is 0 Å². The number of nitrogens with zero attached hydrogens (tertiary/aromatic N) is 2. The fourth-order valence-corrected chi connectivity index (χ4v) is 3.78. The number of carbonyl (C=O) groups excluding carboxylic acids is 1. The van der Waals surface area contributed by atoms with Gasteiger partial charge >= 0.3 is 0 Å². The molecule has 0 aromatic carbocycles. The lowest BCUT2D eigenvalue weighted by Crippen LogP contribution is -2.51. The topological polar surface area (TPSA) is 43.8 Å². The monoisotopic (exact) mass is 284 g/mol. The van der Waals surface area contributed by atoms with Crippen LogP contribution < -0.4 is 0 Å². The first-order valence-electron chi connectivity index (χ1n) is 7.10. The van der Waals surface area contributed by atoms with Crippen molar-refractivity contribution < 1.29 is 9.90 Å². The Balaban J connectivity index is 1.80. The molecule has 19 heavy (non-hydrogen) atoms. The predicted molar refractivity (Wildman–Crippen MR) is 79.0 cm³/mol. The van der Waals surface area contributed by atoms with Crippen molar-refractivity contribution in [3.05, 3.63) is 11.0 Å². The van der Waals surface area contributed by atoms with Gasteiger partial charge in [0.1, 0.15) is 0 Å². The highest BCUT2D eigenvalue weighted by atomic mass is 32.2. The maximum absolute atomic E-state index is 12.4. The first kappa shape index (κ1) is 14.9. The molecule has 1 unspecified atom stereocenters. The number of amides is 1. The van der Waals surface area contributed by atoms with E-state index in [1.54, 1.807) is 11.8 Å². The summed E-state index contributed by atoms with van der Waals surface area (Å²) >= 11 is 1.75. The molecule has 2 aliphatic heterocycles. The van der Waals surface area contributed by atoms with Gasteiger partial charge in [-0.2, -0.15) is 0 Å². The summed E-state index contributed by atoms with van der Waals surface area (Å²) in [6, 6.07) is 0. The zero-order chi connectivity index (χ0) is 13.8. The largest absolute Gasteiger partial charge is 0.395 e. The SMILES string of the molecule is CC(C)C1=CCC(C(=O)N2CCN(CCO)CC2)S1. The van der Waals surface area contributed by atoms with Crippen molar-refractivity contribution in [2.24, 2.45) is 5.92 Å². The number of aliphatic hydroxyl groups is 1. The first-order valence-corrected chi connectivity index (χ1v) is 7.98. The molecule has 108 valence electrons. The number of hydrogen-bond donors (Lipinski definition) is 1. The van der Waals surface area contributed by atoms with Crippen LogP contribution in [0.3, 0.4) is 0 Å². The van der Waals surface area contributed by atoms with Gasteiger partial charge in [0.05, 0.1) is 11.9 Å². The summed E-state index contributed by atoms with van der Waals surface area (Å²) in [5.41, 5.74) is 0. The fourth-order valence-electron chi connectivity index (χ4n) is 2.54. The van der Waals surface area contributed by atoms with Crippen LogP contribution in [0.5, 0.6) is 0 Å². The molecule has 2 heterocycles. The summed E-state index contributed by atoms with van der Waals surface area (Å²) in [7, 11) is 0. The second kappa shape index (κ2) is 6.77. The minimum atomic E-state index is 0.0989. The average molecular weight is 284 g/mol. The normalized spacial score (nSPS) is 24.9. The molecular formula is C14H24N2O2S. The summed E-state index contributed by atoms with van der Waals surface area (Å²) < 4.78 is 0. The number of rotatable bonds is 4. The van der Waals surface area contributed by atoms with Gasteiger partial charge in [-0.15, -0.1) is 11.8 Å². The summed E-state index contributed by atoms with van der Waals surface area (Å²) in [5, 5.41) is 9.01. The summed E-state index contributed by atoms with van der Waals surface area (Å²) in [6.45, 7) is 8.65. The van der Waals surface area contributed by atoms with E-state index in [1.165, 1.54) is 4.91 Å². The Morgan fingerprint density at radius 1 is 1.42 bits per heavy atom. The van der Waals surface area contributed by atoms with Crippen LogP contribution >= 0.6 is 11.8 Å². The molecule has 0 radical (unpaired) electrons. The van der Waals surface area contributed by atoms with E-state index < -0.39 is 0 Å². The predicted octanol–water partition coefficient (Wildman–Crippen LogP) is 1.17. The van der Waals surface area contributed by atoms with Gasteiger partial charge in [-0.05, 0) is 17.2 Å². The molecule has 0 bridgehead atoms. The van der Waals surface area contributed by atoms with Gasteiger partial charge in [-0.25, -0.2) is 0 Å². The third kappa shape index (κ3) is 3.74. The van der Waals surface area contributed by atoms with Crippen molar-refractivity contribution in [2.45, 2.75) is 25.5 Å². The van der Waals surface area contributed by atoms with Crippen LogP contribution in [0.15, 0.2) is 11.0 Å². The zero-order valence-electron chi connectivity index (χ0n) is 11.8. The number of hydrogen-bond acceptors (Lipinski definition) is 4. The van der Waals surface area contributed by atoms with Crippen molar-refractivity contribution in [3.63, 3.8) is 0 Å². The minimum Gasteiger partial charge on any atom is -0.395 e. The van der Waals surface area contributed by atoms with Crippen molar-refractivity contribution in [2.75, 3.05) is 39.3 Å². The first-order chi connectivity index (χ1) is 9.11. The highest BCUT2D eigenvalue weighted by molar-refractivity contribution is 8.04. The molecule has 0 aromatic heterocycles. The Hall–Kier alpha value is -0.520. The molecule has 2 aliphatic rings. The Labute approximate surface area is 119 Å². The Morgan fingerprint density at radius 2 is 2.11 bits per heavy atom. The number of piperazine rings is 1. The van der Waals surface area contributed by atoms with E-state index in [0.29, 0.717) is 11.8 Å². The quantitative estimate of drug-likeness (QED) is 0.841. The summed E-state index contributed by atoms with van der Waals surface area (Å²) in [5.74, 6) is 0.824. The lowest BCUT2D eigenvalue weighted by Gasteiger charge is -2.35. The second-order valence-electron chi connectivity index (χ2n) is 5.49. The lowest BCUT2D eigenvalue weighted by molar-refractivity contribution is -0.132. The van der Waals surface area contributed by atoms with Crippen molar-refractivity contribution >= 4 is 17.7 Å². The van der Waals surface area contributed by atoms with E-state index in [9.17, 15) is 4.79 Å². The Morgan fingerprint density at radius 3 is 2.63 bits per heavy atom. The van der Waals surface area contributed by atoms with Gasteiger partial charge in [0, 0.05) is 32.7 Å². The molecule has 0 aliphatic carbocycles. The molecule has 2 rings (SSSR count). The van der Waals surface area contributed by atoms with Gasteiger partial charge in [-0.3, -0.25) is 9.69 Å². The van der Waals surface area contributed by atoms with E-state index >= 15 is 0 Å². The number of β-amino-alcohol motifs (C(OH)–C–C–N with tert-alkyl or cyclic N) is 1. The van der Waals surface area contributed by atoms with Crippen LogP contribution in [0, 0.1) is 5.92 Å². The highest BCUT2D eigenvalue weighted by Gasteiger charge is 2.31. The third-order valence-electron chi connectivity index (χ3n) is 3.76. The van der Waals surface area contributed by atoms with Crippen LogP contribution in [-0.2, 0) is 4.79 Å². The number of thioether (sulfide) groups is 1. The standard InChI is InChI=1S/C14H24N2O2S/c1-11(2)12-3-4-13(19-12)14(18)16-7-5-15(6-8-16)9-10-17/h3,11,13,17H,4-10H2,1-2H3. The van der Waals surface area contributed by atoms with Gasteiger partial charge in [0.2, 0.25) is 5.91 Å². The van der Waals surface area contributed by atoms with Crippen LogP contribution in [0.1, 0.15) is 20.3 Å².